The van der Waals surface area contributed by atoms with Crippen LogP contribution in [0.5, 0.6) is 0 Å². The Morgan fingerprint density at radius 3 is 2.27 bits per heavy atom. The van der Waals surface area contributed by atoms with Crippen molar-refractivity contribution in [3.63, 3.8) is 0 Å². The molecule has 0 aliphatic carbocycles. The molecule has 0 aliphatic heterocycles. The van der Waals surface area contributed by atoms with E-state index in [2.05, 4.69) is 10.2 Å². The van der Waals surface area contributed by atoms with E-state index in [0.717, 1.165) is 22.3 Å². The predicted octanol–water partition coefficient (Wildman–Crippen LogP) is 4.72. The van der Waals surface area contributed by atoms with E-state index in [1.807, 2.05) is 37.3 Å². The zero-order chi connectivity index (χ0) is 15.7. The molecule has 2 aromatic carbocycles. The van der Waals surface area contributed by atoms with E-state index >= 15 is 0 Å². The van der Waals surface area contributed by atoms with Crippen LogP contribution >= 0.6 is 23.2 Å². The lowest BCUT2D eigenvalue weighted by Gasteiger charge is -2.10. The van der Waals surface area contributed by atoms with Crippen LogP contribution in [0.1, 0.15) is 5.56 Å². The molecule has 0 spiro atoms. The highest BCUT2D eigenvalue weighted by atomic mass is 35.5. The van der Waals surface area contributed by atoms with Crippen molar-refractivity contribution in [2.45, 2.75) is 6.92 Å². The summed E-state index contributed by atoms with van der Waals surface area (Å²) in [5, 5.41) is 7.69. The molecule has 0 bridgehead atoms. The van der Waals surface area contributed by atoms with Gasteiger partial charge in [-0.2, -0.15) is 5.10 Å². The number of aromatic nitrogens is 2. The van der Waals surface area contributed by atoms with E-state index in [1.54, 1.807) is 12.1 Å². The molecule has 0 aliphatic rings. The summed E-state index contributed by atoms with van der Waals surface area (Å²) < 4.78 is 0. The van der Waals surface area contributed by atoms with Gasteiger partial charge in [-0.15, -0.1) is 0 Å². The summed E-state index contributed by atoms with van der Waals surface area (Å²) in [6, 6.07) is 14.6. The largest absolute Gasteiger partial charge is 0.268 e. The summed E-state index contributed by atoms with van der Waals surface area (Å²) in [7, 11) is 0. The third kappa shape index (κ3) is 3.06. The van der Waals surface area contributed by atoms with Gasteiger partial charge in [-0.3, -0.25) is 4.79 Å². The molecule has 1 N–H and O–H groups in total. The highest BCUT2D eigenvalue weighted by Crippen LogP contribution is 2.32. The molecule has 0 saturated carbocycles. The van der Waals surface area contributed by atoms with Gasteiger partial charge in [-0.05, 0) is 53.9 Å². The number of hydrogen-bond donors (Lipinski definition) is 1. The van der Waals surface area contributed by atoms with Gasteiger partial charge in [0.1, 0.15) is 0 Å². The van der Waals surface area contributed by atoms with Crippen molar-refractivity contribution in [1.82, 2.24) is 10.2 Å². The molecule has 110 valence electrons. The number of halogens is 2. The molecule has 0 atom stereocenters. The second kappa shape index (κ2) is 5.95. The Bertz CT molecular complexity index is 863. The van der Waals surface area contributed by atoms with Gasteiger partial charge in [-0.1, -0.05) is 35.3 Å². The van der Waals surface area contributed by atoms with Gasteiger partial charge in [0.2, 0.25) is 0 Å². The minimum Gasteiger partial charge on any atom is -0.268 e. The van der Waals surface area contributed by atoms with Crippen molar-refractivity contribution >= 4 is 23.2 Å². The Hall–Kier alpha value is -2.10. The topological polar surface area (TPSA) is 45.8 Å². The van der Waals surface area contributed by atoms with Crippen molar-refractivity contribution in [2.24, 2.45) is 0 Å². The van der Waals surface area contributed by atoms with Crippen LogP contribution in [0.25, 0.3) is 22.4 Å². The lowest BCUT2D eigenvalue weighted by molar-refractivity contribution is 0.995. The summed E-state index contributed by atoms with van der Waals surface area (Å²) in [6.45, 7) is 2.02. The Morgan fingerprint density at radius 2 is 1.64 bits per heavy atom. The third-order valence-electron chi connectivity index (χ3n) is 3.39. The summed E-state index contributed by atoms with van der Waals surface area (Å²) in [6.07, 6.45) is 0. The minimum atomic E-state index is -0.224. The predicted molar refractivity (Wildman–Crippen MR) is 90.5 cm³/mol. The number of aromatic amines is 1. The first kappa shape index (κ1) is 14.8. The molecule has 1 aromatic heterocycles. The number of aryl methyl sites for hydroxylation is 1. The van der Waals surface area contributed by atoms with Crippen LogP contribution in [0.2, 0.25) is 10.0 Å². The first-order valence-electron chi connectivity index (χ1n) is 6.66. The quantitative estimate of drug-likeness (QED) is 0.738. The van der Waals surface area contributed by atoms with Crippen LogP contribution in [0.4, 0.5) is 0 Å². The molecule has 0 fully saturated rings. The maximum absolute atomic E-state index is 11.1. The van der Waals surface area contributed by atoms with Crippen LogP contribution in [0.3, 0.4) is 0 Å². The maximum atomic E-state index is 11.1. The normalized spacial score (nSPS) is 10.7. The first-order chi connectivity index (χ1) is 10.5. The summed E-state index contributed by atoms with van der Waals surface area (Å²) in [4.78, 5) is 11.1. The van der Waals surface area contributed by atoms with Gasteiger partial charge in [0.15, 0.2) is 0 Å². The van der Waals surface area contributed by atoms with Crippen LogP contribution in [-0.2, 0) is 0 Å². The van der Waals surface area contributed by atoms with Crippen LogP contribution < -0.4 is 5.56 Å². The fourth-order valence-corrected chi connectivity index (χ4v) is 2.83. The second-order valence-corrected chi connectivity index (χ2v) is 5.87. The molecule has 3 nitrogen and oxygen atoms in total. The monoisotopic (exact) mass is 330 g/mol. The fraction of sp³-hybridized carbons (Fsp3) is 0.0588. The second-order valence-electron chi connectivity index (χ2n) is 4.99. The van der Waals surface area contributed by atoms with E-state index in [-0.39, 0.29) is 5.56 Å². The molecule has 0 radical (unpaired) electrons. The van der Waals surface area contributed by atoms with E-state index in [4.69, 9.17) is 23.2 Å². The van der Waals surface area contributed by atoms with Crippen molar-refractivity contribution in [3.8, 4) is 22.4 Å². The number of nitrogens with one attached hydrogen (secondary N) is 1. The van der Waals surface area contributed by atoms with Crippen LogP contribution in [0.15, 0.2) is 53.3 Å². The molecule has 3 rings (SSSR count). The Labute approximate surface area is 137 Å². The smallest absolute Gasteiger partial charge is 0.264 e. The average Bonchev–Trinajstić information content (AvgIpc) is 2.47. The summed E-state index contributed by atoms with van der Waals surface area (Å²) in [5.41, 5.74) is 4.46. The molecule has 5 heteroatoms. The Kier molecular flexibility index (Phi) is 4.01. The number of nitrogens with zero attached hydrogens (tertiary/aromatic N) is 1. The SMILES string of the molecule is Cc1ccc(-c2ccc(=O)[nH]n2)cc1-c1cc(Cl)cc(Cl)c1. The van der Waals surface area contributed by atoms with E-state index in [0.29, 0.717) is 15.7 Å². The first-order valence-corrected chi connectivity index (χ1v) is 7.42. The molecular formula is C17H12Cl2N2O. The Balaban J connectivity index is 2.14. The average molecular weight is 331 g/mol. The van der Waals surface area contributed by atoms with E-state index in [9.17, 15) is 4.79 Å². The van der Waals surface area contributed by atoms with Gasteiger partial charge in [0, 0.05) is 21.7 Å². The van der Waals surface area contributed by atoms with E-state index < -0.39 is 0 Å². The fourth-order valence-electron chi connectivity index (χ4n) is 2.31. The standard InChI is InChI=1S/C17H12Cl2N2O/c1-10-2-3-11(16-4-5-17(22)21-20-16)8-15(10)12-6-13(18)9-14(19)7-12/h2-9H,1H3,(H,21,22). The highest BCUT2D eigenvalue weighted by molar-refractivity contribution is 6.35. The molecule has 0 saturated heterocycles. The molecule has 22 heavy (non-hydrogen) atoms. The maximum Gasteiger partial charge on any atom is 0.264 e. The molecule has 0 unspecified atom stereocenters. The lowest BCUT2D eigenvalue weighted by atomic mass is 9.97. The van der Waals surface area contributed by atoms with Gasteiger partial charge in [-0.25, -0.2) is 5.10 Å². The molecule has 0 amide bonds. The van der Waals surface area contributed by atoms with Crippen molar-refractivity contribution < 1.29 is 0 Å². The van der Waals surface area contributed by atoms with Gasteiger partial charge in [0.25, 0.3) is 5.56 Å². The van der Waals surface area contributed by atoms with Crippen molar-refractivity contribution in [1.29, 1.82) is 0 Å². The van der Waals surface area contributed by atoms with Crippen LogP contribution in [-0.4, -0.2) is 10.2 Å². The zero-order valence-corrected chi connectivity index (χ0v) is 13.2. The van der Waals surface area contributed by atoms with Crippen LogP contribution in [0, 0.1) is 6.92 Å². The van der Waals surface area contributed by atoms with Gasteiger partial charge >= 0.3 is 0 Å². The molecule has 3 aromatic rings. The lowest BCUT2D eigenvalue weighted by Crippen LogP contribution is -2.05. The number of hydrogen-bond acceptors (Lipinski definition) is 2. The third-order valence-corrected chi connectivity index (χ3v) is 3.82. The zero-order valence-electron chi connectivity index (χ0n) is 11.7. The minimum absolute atomic E-state index is 0.224. The number of benzene rings is 2. The molecular weight excluding hydrogens is 319 g/mol. The number of H-pyrrole nitrogens is 1. The van der Waals surface area contributed by atoms with Gasteiger partial charge < -0.3 is 0 Å². The van der Waals surface area contributed by atoms with Crippen molar-refractivity contribution in [3.05, 3.63) is 74.5 Å². The summed E-state index contributed by atoms with van der Waals surface area (Å²) in [5.74, 6) is 0. The van der Waals surface area contributed by atoms with Crippen molar-refractivity contribution in [2.75, 3.05) is 0 Å². The van der Waals surface area contributed by atoms with Gasteiger partial charge in [0.05, 0.1) is 5.69 Å². The highest BCUT2D eigenvalue weighted by Gasteiger charge is 2.08. The van der Waals surface area contributed by atoms with E-state index in [1.165, 1.54) is 6.07 Å². The Morgan fingerprint density at radius 1 is 0.909 bits per heavy atom. The number of rotatable bonds is 2. The summed E-state index contributed by atoms with van der Waals surface area (Å²) >= 11 is 12.2. The molecule has 1 heterocycles.